The summed E-state index contributed by atoms with van der Waals surface area (Å²) >= 11 is 2.55. The van der Waals surface area contributed by atoms with Crippen LogP contribution in [-0.4, -0.2) is 53.6 Å². The highest BCUT2D eigenvalue weighted by molar-refractivity contribution is 7.15. The van der Waals surface area contributed by atoms with Gasteiger partial charge in [-0.3, -0.25) is 19.8 Å². The molecule has 0 radical (unpaired) electrons. The van der Waals surface area contributed by atoms with Gasteiger partial charge in [0.2, 0.25) is 5.91 Å². The van der Waals surface area contributed by atoms with Crippen LogP contribution in [0.15, 0.2) is 22.5 Å². The van der Waals surface area contributed by atoms with Crippen LogP contribution in [0.25, 0.3) is 0 Å². The first kappa shape index (κ1) is 26.0. The van der Waals surface area contributed by atoms with E-state index in [0.29, 0.717) is 39.6 Å². The molecule has 1 aliphatic heterocycles. The summed E-state index contributed by atoms with van der Waals surface area (Å²) in [4.78, 5) is 41.2. The van der Waals surface area contributed by atoms with Gasteiger partial charge in [0.25, 0.3) is 11.8 Å². The number of hydrogen-bond acceptors (Lipinski definition) is 9. The maximum atomic E-state index is 12.9. The number of aryl methyl sites for hydroxylation is 2. The van der Waals surface area contributed by atoms with E-state index in [1.165, 1.54) is 22.7 Å². The molecule has 1 saturated heterocycles. The first-order valence-corrected chi connectivity index (χ1v) is 13.8. The number of thiophene rings is 2. The van der Waals surface area contributed by atoms with E-state index in [0.717, 1.165) is 22.6 Å². The number of fused-ring (bicyclic) bond motifs is 3. The van der Waals surface area contributed by atoms with Crippen molar-refractivity contribution in [3.8, 4) is 6.07 Å². The third kappa shape index (κ3) is 4.26. The molecule has 0 aromatic carbocycles. The van der Waals surface area contributed by atoms with Gasteiger partial charge in [-0.1, -0.05) is 5.22 Å². The first-order chi connectivity index (χ1) is 18.2. The summed E-state index contributed by atoms with van der Waals surface area (Å²) in [6.45, 7) is 0.324. The van der Waals surface area contributed by atoms with Crippen LogP contribution >= 0.6 is 22.7 Å². The second kappa shape index (κ2) is 9.90. The lowest BCUT2D eigenvalue weighted by molar-refractivity contribution is -0.131. The number of rotatable bonds is 8. The highest BCUT2D eigenvalue weighted by Gasteiger charge is 2.54. The lowest BCUT2D eigenvalue weighted by Gasteiger charge is -2.33. The molecule has 12 nitrogen and oxygen atoms in total. The number of nitrogens with two attached hydrogens (primary N) is 3. The van der Waals surface area contributed by atoms with Gasteiger partial charge in [0.05, 0.1) is 27.8 Å². The number of primary amides is 2. The highest BCUT2D eigenvalue weighted by atomic mass is 32.1. The van der Waals surface area contributed by atoms with E-state index in [1.807, 2.05) is 0 Å². The number of carbonyl (C=O) groups excluding carboxylic acids is 3. The van der Waals surface area contributed by atoms with Crippen molar-refractivity contribution in [3.63, 3.8) is 0 Å². The Kier molecular flexibility index (Phi) is 6.76. The van der Waals surface area contributed by atoms with E-state index in [4.69, 9.17) is 22.7 Å². The number of amidine groups is 1. The fourth-order valence-corrected chi connectivity index (χ4v) is 8.03. The van der Waals surface area contributed by atoms with Gasteiger partial charge in [-0.15, -0.1) is 27.8 Å². The molecule has 1 unspecified atom stereocenters. The van der Waals surface area contributed by atoms with Gasteiger partial charge in [0, 0.05) is 15.8 Å². The molecule has 0 bridgehead atoms. The van der Waals surface area contributed by atoms with Gasteiger partial charge in [-0.2, -0.15) is 5.26 Å². The van der Waals surface area contributed by atoms with E-state index in [1.54, 1.807) is 17.0 Å². The second-order valence-corrected chi connectivity index (χ2v) is 12.0. The second-order valence-electron chi connectivity index (χ2n) is 9.76. The van der Waals surface area contributed by atoms with Crippen LogP contribution in [0.5, 0.6) is 0 Å². The molecule has 8 N–H and O–H groups in total. The van der Waals surface area contributed by atoms with Gasteiger partial charge in [0.1, 0.15) is 6.04 Å². The molecule has 14 heteroatoms. The molecule has 0 spiro atoms. The molecule has 38 heavy (non-hydrogen) atoms. The van der Waals surface area contributed by atoms with Crippen molar-refractivity contribution in [2.24, 2.45) is 33.6 Å². The Balaban J connectivity index is 1.48. The third-order valence-electron chi connectivity index (χ3n) is 7.66. The normalized spacial score (nSPS) is 22.7. The zero-order valence-corrected chi connectivity index (χ0v) is 22.0. The summed E-state index contributed by atoms with van der Waals surface area (Å²) in [5.41, 5.74) is 11.3. The molecule has 2 fully saturated rings. The Morgan fingerprint density at radius 1 is 1.13 bits per heavy atom. The van der Waals surface area contributed by atoms with Crippen LogP contribution in [0.3, 0.4) is 0 Å². The number of likely N-dealkylation sites (tertiary alicyclic amines) is 1. The molecule has 2 aromatic rings. The molecular weight excluding hydrogens is 526 g/mol. The predicted molar refractivity (Wildman–Crippen MR) is 141 cm³/mol. The minimum atomic E-state index is -1.21. The first-order valence-electron chi connectivity index (χ1n) is 12.2. The molecular formula is C24H27N9O3S2. The molecule has 3 atom stereocenters. The summed E-state index contributed by atoms with van der Waals surface area (Å²) in [5.74, 6) is 4.35. The fourth-order valence-electron chi connectivity index (χ4n) is 5.85. The number of nitriles is 1. The Labute approximate surface area is 226 Å². The van der Waals surface area contributed by atoms with Crippen LogP contribution in [0.4, 0.5) is 0 Å². The Morgan fingerprint density at radius 2 is 1.74 bits per heavy atom. The Morgan fingerprint density at radius 3 is 2.26 bits per heavy atom. The molecule has 3 amide bonds. The van der Waals surface area contributed by atoms with Gasteiger partial charge >= 0.3 is 0 Å². The highest BCUT2D eigenvalue weighted by Crippen LogP contribution is 2.49. The van der Waals surface area contributed by atoms with Gasteiger partial charge in [-0.05, 0) is 67.8 Å². The van der Waals surface area contributed by atoms with Crippen molar-refractivity contribution in [2.75, 3.05) is 13.1 Å². The molecule has 198 valence electrons. The van der Waals surface area contributed by atoms with Crippen molar-refractivity contribution < 1.29 is 14.4 Å². The van der Waals surface area contributed by atoms with E-state index >= 15 is 0 Å². The van der Waals surface area contributed by atoms with E-state index in [-0.39, 0.29) is 43.3 Å². The fraction of sp³-hybridized carbons (Fsp3) is 0.458. The predicted octanol–water partition coefficient (Wildman–Crippen LogP) is 1.19. The number of nitrogens with one attached hydrogen (secondary N) is 2. The summed E-state index contributed by atoms with van der Waals surface area (Å²) in [5, 5.41) is 28.8. The molecule has 3 heterocycles. The monoisotopic (exact) mass is 553 g/mol. The Bertz CT molecular complexity index is 1340. The van der Waals surface area contributed by atoms with Crippen molar-refractivity contribution >= 4 is 46.2 Å². The third-order valence-corrected chi connectivity index (χ3v) is 10.1. The van der Waals surface area contributed by atoms with E-state index in [2.05, 4.69) is 21.7 Å². The molecule has 3 aliphatic rings. The maximum Gasteiger partial charge on any atom is 0.258 e. The van der Waals surface area contributed by atoms with Crippen LogP contribution in [0.1, 0.15) is 59.5 Å². The number of hydrogen-bond donors (Lipinski definition) is 5. The van der Waals surface area contributed by atoms with E-state index < -0.39 is 17.2 Å². The van der Waals surface area contributed by atoms with Crippen molar-refractivity contribution in [1.82, 2.24) is 10.2 Å². The molecule has 1 saturated carbocycles. The zero-order chi connectivity index (χ0) is 27.2. The summed E-state index contributed by atoms with van der Waals surface area (Å²) in [6.07, 6.45) is 3.08. The van der Waals surface area contributed by atoms with Crippen LogP contribution < -0.4 is 22.6 Å². The maximum absolute atomic E-state index is 12.9. The number of carbonyl (C=O) groups is 3. The lowest BCUT2D eigenvalue weighted by Crippen LogP contribution is -2.44. The molecule has 2 aromatic heterocycles. The minimum absolute atomic E-state index is 0.0370. The summed E-state index contributed by atoms with van der Waals surface area (Å²) in [7, 11) is 0. The van der Waals surface area contributed by atoms with E-state index in [9.17, 15) is 19.6 Å². The molecule has 2 aliphatic carbocycles. The number of nitrogens with zero attached hydrogens (tertiary/aromatic N) is 4. The van der Waals surface area contributed by atoms with Crippen molar-refractivity contribution in [3.05, 3.63) is 42.8 Å². The summed E-state index contributed by atoms with van der Waals surface area (Å²) in [6, 6.07) is 5.35. The largest absolute Gasteiger partial charge is 0.365 e. The number of piperidine rings is 1. The topological polar surface area (TPSA) is 217 Å². The van der Waals surface area contributed by atoms with Gasteiger partial charge in [0.15, 0.2) is 5.84 Å². The number of amides is 3. The van der Waals surface area contributed by atoms with Crippen molar-refractivity contribution in [2.45, 2.75) is 49.6 Å². The minimum Gasteiger partial charge on any atom is -0.365 e. The van der Waals surface area contributed by atoms with Crippen molar-refractivity contribution in [1.29, 1.82) is 10.7 Å². The average molecular weight is 554 g/mol. The van der Waals surface area contributed by atoms with Gasteiger partial charge < -0.3 is 27.5 Å². The average Bonchev–Trinajstić information content (AvgIpc) is 3.23. The SMILES string of the molecule is N#CC1C[C@@H]2C[C@@H]2N1C(=O)CNCCC1(C(=N)N=NN)c2cc(C(N)=O)sc2CCc2sc(C(N)=O)cc21. The van der Waals surface area contributed by atoms with Crippen LogP contribution in [0, 0.1) is 22.7 Å². The van der Waals surface area contributed by atoms with Crippen LogP contribution in [-0.2, 0) is 23.1 Å². The van der Waals surface area contributed by atoms with Gasteiger partial charge in [-0.25, -0.2) is 0 Å². The quantitative estimate of drug-likeness (QED) is 0.0807. The lowest BCUT2D eigenvalue weighted by atomic mass is 9.71. The summed E-state index contributed by atoms with van der Waals surface area (Å²) < 4.78 is 0. The molecule has 5 rings (SSSR count). The Hall–Kier alpha value is -3.67. The smallest absolute Gasteiger partial charge is 0.258 e. The zero-order valence-electron chi connectivity index (χ0n) is 20.4. The standard InChI is InChI=1S/C24H27N9O3S2/c25-9-12-5-11-6-15(11)33(12)20(34)10-30-4-3-24(23(28)31-32-29)13-7-18(21(26)35)37-16(13)1-2-17-14(24)8-19(38-17)22(27)36/h7-8,11-12,15,30H,1-6,10H2,(H2,26,35)(H2,27,36)(H3,28,29,31)/t11-,12?,15+/m1/s1. The van der Waals surface area contributed by atoms with Crippen LogP contribution in [0.2, 0.25) is 0 Å².